The van der Waals surface area contributed by atoms with Gasteiger partial charge in [-0.2, -0.15) is 0 Å². The maximum absolute atomic E-state index is 12.6. The highest BCUT2D eigenvalue weighted by Crippen LogP contribution is 2.21. The third-order valence-corrected chi connectivity index (χ3v) is 5.50. The van der Waals surface area contributed by atoms with Gasteiger partial charge in [-0.05, 0) is 38.4 Å². The van der Waals surface area contributed by atoms with Crippen LogP contribution in [0, 0.1) is 5.92 Å². The zero-order valence-electron chi connectivity index (χ0n) is 17.2. The third-order valence-electron chi connectivity index (χ3n) is 5.50. The normalized spacial score (nSPS) is 14.8. The second-order valence-electron chi connectivity index (χ2n) is 7.80. The molecule has 2 aromatic carbocycles. The molecule has 1 saturated heterocycles. The lowest BCUT2D eigenvalue weighted by Crippen LogP contribution is -2.46. The predicted octanol–water partition coefficient (Wildman–Crippen LogP) is 3.81. The van der Waals surface area contributed by atoms with Crippen LogP contribution in [0.4, 0.5) is 4.79 Å². The highest BCUT2D eigenvalue weighted by Gasteiger charge is 2.27. The fourth-order valence-corrected chi connectivity index (χ4v) is 3.81. The van der Waals surface area contributed by atoms with E-state index in [-0.39, 0.29) is 17.7 Å². The Kier molecular flexibility index (Phi) is 7.82. The van der Waals surface area contributed by atoms with E-state index in [0.29, 0.717) is 19.6 Å². The summed E-state index contributed by atoms with van der Waals surface area (Å²) in [4.78, 5) is 29.1. The number of benzene rings is 2. The topological polar surface area (TPSA) is 52.7 Å². The minimum absolute atomic E-state index is 0.0127. The summed E-state index contributed by atoms with van der Waals surface area (Å²) in [5.74, 6) is 0.222. The number of rotatable bonds is 8. The van der Waals surface area contributed by atoms with Crippen LogP contribution in [0.5, 0.6) is 0 Å². The lowest BCUT2D eigenvalue weighted by Gasteiger charge is -2.31. The van der Waals surface area contributed by atoms with Crippen molar-refractivity contribution in [3.8, 4) is 0 Å². The predicted molar refractivity (Wildman–Crippen MR) is 116 cm³/mol. The van der Waals surface area contributed by atoms with Crippen molar-refractivity contribution >= 4 is 11.8 Å². The quantitative estimate of drug-likeness (QED) is 0.548. The van der Waals surface area contributed by atoms with Crippen LogP contribution in [0.25, 0.3) is 0 Å². The van der Waals surface area contributed by atoms with Gasteiger partial charge in [0.1, 0.15) is 0 Å². The van der Waals surface area contributed by atoms with Crippen LogP contribution in [0.2, 0.25) is 0 Å². The highest BCUT2D eigenvalue weighted by molar-refractivity contribution is 5.97. The lowest BCUT2D eigenvalue weighted by molar-refractivity contribution is 0.0854. The summed E-state index contributed by atoms with van der Waals surface area (Å²) < 4.78 is 0. The molecule has 0 unspecified atom stereocenters. The molecule has 5 heteroatoms. The van der Waals surface area contributed by atoms with E-state index in [4.69, 9.17) is 0 Å². The Hall–Kier alpha value is -2.66. The molecule has 3 rings (SSSR count). The van der Waals surface area contributed by atoms with Crippen LogP contribution in [-0.4, -0.2) is 54.8 Å². The summed E-state index contributed by atoms with van der Waals surface area (Å²) in [6, 6.07) is 19.8. The molecular formula is C24H31N3O2. The molecule has 2 aromatic rings. The summed E-state index contributed by atoms with van der Waals surface area (Å²) in [7, 11) is 2.10. The number of likely N-dealkylation sites (tertiary alicyclic amines) is 1. The van der Waals surface area contributed by atoms with Gasteiger partial charge in [0.2, 0.25) is 0 Å². The van der Waals surface area contributed by atoms with Crippen molar-refractivity contribution in [1.29, 1.82) is 0 Å². The van der Waals surface area contributed by atoms with Gasteiger partial charge in [0.05, 0.1) is 0 Å². The lowest BCUT2D eigenvalue weighted by atomic mass is 9.89. The van der Waals surface area contributed by atoms with E-state index in [1.807, 2.05) is 41.3 Å². The average Bonchev–Trinajstić information content (AvgIpc) is 2.77. The summed E-state index contributed by atoms with van der Waals surface area (Å²) in [5.41, 5.74) is 2.07. The Balaban J connectivity index is 1.32. The van der Waals surface area contributed by atoms with Gasteiger partial charge in [0.25, 0.3) is 0 Å². The molecule has 1 fully saturated rings. The Morgan fingerprint density at radius 1 is 1.00 bits per heavy atom. The maximum atomic E-state index is 12.6. The van der Waals surface area contributed by atoms with Crippen molar-refractivity contribution in [2.75, 3.05) is 33.2 Å². The van der Waals surface area contributed by atoms with E-state index in [1.165, 1.54) is 5.56 Å². The molecule has 0 aromatic heterocycles. The largest absolute Gasteiger partial charge is 0.338 e. The van der Waals surface area contributed by atoms with E-state index in [9.17, 15) is 9.59 Å². The van der Waals surface area contributed by atoms with Crippen LogP contribution in [-0.2, 0) is 6.54 Å². The Bertz CT molecular complexity index is 771. The number of ketones is 1. The number of carbonyl (C=O) groups is 2. The molecule has 1 N–H and O–H groups in total. The van der Waals surface area contributed by atoms with Gasteiger partial charge in [0.15, 0.2) is 5.78 Å². The van der Waals surface area contributed by atoms with Gasteiger partial charge in [-0.1, -0.05) is 60.7 Å². The number of hydrogen-bond donors (Lipinski definition) is 1. The molecule has 5 nitrogen and oxygen atoms in total. The van der Waals surface area contributed by atoms with Crippen molar-refractivity contribution in [3.05, 3.63) is 71.8 Å². The number of piperidine rings is 1. The van der Waals surface area contributed by atoms with E-state index in [2.05, 4.69) is 41.5 Å². The molecule has 1 aliphatic heterocycles. The number of amides is 2. The fraction of sp³-hybridized carbons (Fsp3) is 0.417. The van der Waals surface area contributed by atoms with Gasteiger partial charge >= 0.3 is 6.03 Å². The van der Waals surface area contributed by atoms with Crippen molar-refractivity contribution in [2.24, 2.45) is 5.92 Å². The number of urea groups is 1. The number of nitrogens with zero attached hydrogens (tertiary/aromatic N) is 2. The van der Waals surface area contributed by atoms with Crippen LogP contribution in [0.3, 0.4) is 0 Å². The smallest absolute Gasteiger partial charge is 0.317 e. The van der Waals surface area contributed by atoms with Crippen LogP contribution >= 0.6 is 0 Å². The summed E-state index contributed by atoms with van der Waals surface area (Å²) in [6.07, 6.45) is 2.39. The summed E-state index contributed by atoms with van der Waals surface area (Å²) in [6.45, 7) is 3.80. The van der Waals surface area contributed by atoms with Crippen molar-refractivity contribution in [2.45, 2.75) is 25.8 Å². The standard InChI is InChI=1S/C24H31N3O2/c1-26(19-20-9-4-2-5-10-20)16-8-15-25-24(29)27-17-13-22(14-18-27)23(28)21-11-6-3-7-12-21/h2-7,9-12,22H,8,13-19H2,1H3,(H,25,29). The monoisotopic (exact) mass is 393 g/mol. The Morgan fingerprint density at radius 2 is 1.62 bits per heavy atom. The van der Waals surface area contributed by atoms with Gasteiger partial charge < -0.3 is 15.1 Å². The molecule has 0 saturated carbocycles. The zero-order chi connectivity index (χ0) is 20.5. The van der Waals surface area contributed by atoms with Crippen molar-refractivity contribution in [1.82, 2.24) is 15.1 Å². The molecule has 0 spiro atoms. The van der Waals surface area contributed by atoms with E-state index >= 15 is 0 Å². The number of hydrogen-bond acceptors (Lipinski definition) is 3. The van der Waals surface area contributed by atoms with Crippen molar-refractivity contribution in [3.63, 3.8) is 0 Å². The Labute approximate surface area is 173 Å². The molecule has 1 aliphatic rings. The SMILES string of the molecule is CN(CCCNC(=O)N1CCC(C(=O)c2ccccc2)CC1)Cc1ccccc1. The van der Waals surface area contributed by atoms with Gasteiger partial charge in [-0.25, -0.2) is 4.79 Å². The first-order chi connectivity index (χ1) is 14.1. The minimum Gasteiger partial charge on any atom is -0.338 e. The van der Waals surface area contributed by atoms with E-state index < -0.39 is 0 Å². The fourth-order valence-electron chi connectivity index (χ4n) is 3.81. The summed E-state index contributed by atoms with van der Waals surface area (Å²) in [5, 5.41) is 3.02. The molecule has 0 aliphatic carbocycles. The molecule has 0 atom stereocenters. The van der Waals surface area contributed by atoms with Crippen LogP contribution in [0.15, 0.2) is 60.7 Å². The van der Waals surface area contributed by atoms with Crippen LogP contribution < -0.4 is 5.32 Å². The first-order valence-electron chi connectivity index (χ1n) is 10.5. The summed E-state index contributed by atoms with van der Waals surface area (Å²) >= 11 is 0. The van der Waals surface area contributed by atoms with Gasteiger partial charge in [-0.15, -0.1) is 0 Å². The molecule has 1 heterocycles. The maximum Gasteiger partial charge on any atom is 0.317 e. The minimum atomic E-state index is -0.0127. The van der Waals surface area contributed by atoms with Crippen molar-refractivity contribution < 1.29 is 9.59 Å². The van der Waals surface area contributed by atoms with E-state index in [1.54, 1.807) is 0 Å². The molecule has 0 radical (unpaired) electrons. The van der Waals surface area contributed by atoms with Crippen LogP contribution in [0.1, 0.15) is 35.2 Å². The molecule has 29 heavy (non-hydrogen) atoms. The highest BCUT2D eigenvalue weighted by atomic mass is 16.2. The third kappa shape index (κ3) is 6.43. The van der Waals surface area contributed by atoms with E-state index in [0.717, 1.165) is 37.9 Å². The zero-order valence-corrected chi connectivity index (χ0v) is 17.2. The second kappa shape index (κ2) is 10.8. The second-order valence-corrected chi connectivity index (χ2v) is 7.80. The average molecular weight is 394 g/mol. The van der Waals surface area contributed by atoms with Gasteiger partial charge in [-0.3, -0.25) is 4.79 Å². The Morgan fingerprint density at radius 3 is 2.28 bits per heavy atom. The molecular weight excluding hydrogens is 362 g/mol. The molecule has 0 bridgehead atoms. The number of carbonyl (C=O) groups excluding carboxylic acids is 2. The van der Waals surface area contributed by atoms with Gasteiger partial charge in [0, 0.05) is 37.7 Å². The first kappa shape index (κ1) is 21.1. The number of nitrogens with one attached hydrogen (secondary N) is 1. The number of Topliss-reactive ketones (excluding diaryl/α,β-unsaturated/α-hetero) is 1. The molecule has 154 valence electrons. The molecule has 2 amide bonds. The first-order valence-corrected chi connectivity index (χ1v) is 10.5.